The fraction of sp³-hybridized carbons (Fsp3) is 0.714. The fourth-order valence-electron chi connectivity index (χ4n) is 4.03. The molecule has 1 saturated carbocycles. The van der Waals surface area contributed by atoms with Crippen LogP contribution in [-0.2, 0) is 20.8 Å². The SMILES string of the molecule is CCCO[C@@H]1CC[C@H](C(=O)NCc2ccncc2)C[C@H]1NC1CCOCC1. The number of pyridine rings is 1. The minimum absolute atomic E-state index is 0.0469. The summed E-state index contributed by atoms with van der Waals surface area (Å²) < 4.78 is 11.6. The van der Waals surface area contributed by atoms with Crippen molar-refractivity contribution >= 4 is 5.91 Å². The predicted octanol–water partition coefficient (Wildman–Crippen LogP) is 2.43. The van der Waals surface area contributed by atoms with Crippen molar-refractivity contribution in [2.75, 3.05) is 19.8 Å². The minimum atomic E-state index is 0.0469. The summed E-state index contributed by atoms with van der Waals surface area (Å²) >= 11 is 0. The molecule has 1 aromatic heterocycles. The summed E-state index contributed by atoms with van der Waals surface area (Å²) in [6.07, 6.45) is 9.49. The minimum Gasteiger partial charge on any atom is -0.381 e. The third kappa shape index (κ3) is 6.26. The zero-order chi connectivity index (χ0) is 18.9. The molecule has 0 bridgehead atoms. The molecule has 1 aliphatic heterocycles. The topological polar surface area (TPSA) is 72.5 Å². The van der Waals surface area contributed by atoms with Crippen LogP contribution < -0.4 is 10.6 Å². The van der Waals surface area contributed by atoms with Gasteiger partial charge < -0.3 is 20.1 Å². The van der Waals surface area contributed by atoms with Gasteiger partial charge in [-0.2, -0.15) is 0 Å². The molecule has 3 rings (SSSR count). The maximum absolute atomic E-state index is 12.7. The number of amides is 1. The van der Waals surface area contributed by atoms with Crippen molar-refractivity contribution in [2.45, 2.75) is 70.2 Å². The average Bonchev–Trinajstić information content (AvgIpc) is 2.72. The van der Waals surface area contributed by atoms with Crippen molar-refractivity contribution in [3.63, 3.8) is 0 Å². The lowest BCUT2D eigenvalue weighted by atomic mass is 9.82. The van der Waals surface area contributed by atoms with Gasteiger partial charge >= 0.3 is 0 Å². The van der Waals surface area contributed by atoms with Gasteiger partial charge in [-0.1, -0.05) is 6.92 Å². The van der Waals surface area contributed by atoms with Gasteiger partial charge in [0.05, 0.1) is 6.10 Å². The summed E-state index contributed by atoms with van der Waals surface area (Å²) in [7, 11) is 0. The van der Waals surface area contributed by atoms with E-state index >= 15 is 0 Å². The van der Waals surface area contributed by atoms with Crippen molar-refractivity contribution in [3.8, 4) is 0 Å². The molecule has 0 unspecified atom stereocenters. The van der Waals surface area contributed by atoms with E-state index in [9.17, 15) is 4.79 Å². The van der Waals surface area contributed by atoms with Gasteiger partial charge in [-0.3, -0.25) is 9.78 Å². The Morgan fingerprint density at radius 2 is 2.00 bits per heavy atom. The molecule has 1 aromatic rings. The van der Waals surface area contributed by atoms with Crippen LogP contribution in [0.1, 0.15) is 51.0 Å². The molecule has 6 heteroatoms. The summed E-state index contributed by atoms with van der Waals surface area (Å²) in [6, 6.07) is 4.58. The summed E-state index contributed by atoms with van der Waals surface area (Å²) in [6.45, 7) is 5.13. The van der Waals surface area contributed by atoms with Crippen LogP contribution in [0.15, 0.2) is 24.5 Å². The number of rotatable bonds is 8. The second kappa shape index (κ2) is 10.7. The number of carbonyl (C=O) groups excluding carboxylic acids is 1. The average molecular weight is 376 g/mol. The zero-order valence-electron chi connectivity index (χ0n) is 16.4. The number of aromatic nitrogens is 1. The second-order valence-corrected chi connectivity index (χ2v) is 7.65. The number of hydrogen-bond acceptors (Lipinski definition) is 5. The van der Waals surface area contributed by atoms with Crippen molar-refractivity contribution in [1.29, 1.82) is 0 Å². The summed E-state index contributed by atoms with van der Waals surface area (Å²) in [5.41, 5.74) is 1.08. The summed E-state index contributed by atoms with van der Waals surface area (Å²) in [5.74, 6) is 0.199. The largest absolute Gasteiger partial charge is 0.381 e. The van der Waals surface area contributed by atoms with Gasteiger partial charge in [-0.25, -0.2) is 0 Å². The van der Waals surface area contributed by atoms with Crippen LogP contribution >= 0.6 is 0 Å². The highest BCUT2D eigenvalue weighted by molar-refractivity contribution is 5.78. The smallest absolute Gasteiger partial charge is 0.223 e. The third-order valence-corrected chi connectivity index (χ3v) is 5.58. The number of nitrogens with one attached hydrogen (secondary N) is 2. The van der Waals surface area contributed by atoms with E-state index in [1.165, 1.54) is 0 Å². The highest BCUT2D eigenvalue weighted by atomic mass is 16.5. The second-order valence-electron chi connectivity index (χ2n) is 7.65. The van der Waals surface area contributed by atoms with Crippen LogP contribution in [0.2, 0.25) is 0 Å². The van der Waals surface area contributed by atoms with Gasteiger partial charge in [0.15, 0.2) is 0 Å². The molecular formula is C21H33N3O3. The third-order valence-electron chi connectivity index (χ3n) is 5.58. The number of ether oxygens (including phenoxy) is 2. The molecule has 2 N–H and O–H groups in total. The summed E-state index contributed by atoms with van der Waals surface area (Å²) in [4.78, 5) is 16.7. The molecule has 2 heterocycles. The van der Waals surface area contributed by atoms with Crippen molar-refractivity contribution in [3.05, 3.63) is 30.1 Å². The normalized spacial score (nSPS) is 26.6. The van der Waals surface area contributed by atoms with Gasteiger partial charge in [0.1, 0.15) is 0 Å². The lowest BCUT2D eigenvalue weighted by Gasteiger charge is -2.39. The van der Waals surface area contributed by atoms with E-state index in [1.807, 2.05) is 12.1 Å². The first-order valence-electron chi connectivity index (χ1n) is 10.4. The van der Waals surface area contributed by atoms with Gasteiger partial charge in [0.2, 0.25) is 5.91 Å². The van der Waals surface area contributed by atoms with E-state index in [1.54, 1.807) is 12.4 Å². The lowest BCUT2D eigenvalue weighted by Crippen LogP contribution is -2.52. The Kier molecular flexibility index (Phi) is 8.05. The number of nitrogens with zero attached hydrogens (tertiary/aromatic N) is 1. The Hall–Kier alpha value is -1.50. The van der Waals surface area contributed by atoms with Crippen LogP contribution in [0, 0.1) is 5.92 Å². The van der Waals surface area contributed by atoms with Gasteiger partial charge in [0.25, 0.3) is 0 Å². The first-order valence-corrected chi connectivity index (χ1v) is 10.4. The van der Waals surface area contributed by atoms with Crippen LogP contribution in [-0.4, -0.2) is 48.9 Å². The van der Waals surface area contributed by atoms with Crippen LogP contribution in [0.5, 0.6) is 0 Å². The molecule has 6 nitrogen and oxygen atoms in total. The molecule has 2 aliphatic rings. The first kappa shape index (κ1) is 20.2. The lowest BCUT2D eigenvalue weighted by molar-refractivity contribution is -0.128. The molecule has 150 valence electrons. The van der Waals surface area contributed by atoms with E-state index in [-0.39, 0.29) is 24.0 Å². The van der Waals surface area contributed by atoms with E-state index in [4.69, 9.17) is 9.47 Å². The quantitative estimate of drug-likeness (QED) is 0.730. The van der Waals surface area contributed by atoms with Gasteiger partial charge in [-0.05, 0) is 56.2 Å². The van der Waals surface area contributed by atoms with E-state index in [0.29, 0.717) is 12.6 Å². The Labute approximate surface area is 162 Å². The van der Waals surface area contributed by atoms with Crippen LogP contribution in [0.4, 0.5) is 0 Å². The molecule has 1 aliphatic carbocycles. The number of hydrogen-bond donors (Lipinski definition) is 2. The monoisotopic (exact) mass is 375 g/mol. The van der Waals surface area contributed by atoms with E-state index < -0.39 is 0 Å². The molecular weight excluding hydrogens is 342 g/mol. The number of carbonyl (C=O) groups is 1. The first-order chi connectivity index (χ1) is 13.3. The summed E-state index contributed by atoms with van der Waals surface area (Å²) in [5, 5.41) is 6.88. The van der Waals surface area contributed by atoms with E-state index in [2.05, 4.69) is 22.5 Å². The molecule has 27 heavy (non-hydrogen) atoms. The molecule has 0 radical (unpaired) electrons. The maximum Gasteiger partial charge on any atom is 0.223 e. The Bertz CT molecular complexity index is 563. The fourth-order valence-corrected chi connectivity index (χ4v) is 4.03. The Morgan fingerprint density at radius 3 is 2.74 bits per heavy atom. The van der Waals surface area contributed by atoms with Crippen molar-refractivity contribution in [2.24, 2.45) is 5.92 Å². The zero-order valence-corrected chi connectivity index (χ0v) is 16.4. The highest BCUT2D eigenvalue weighted by Crippen LogP contribution is 2.28. The molecule has 1 saturated heterocycles. The van der Waals surface area contributed by atoms with Gasteiger partial charge in [-0.15, -0.1) is 0 Å². The predicted molar refractivity (Wildman–Crippen MR) is 104 cm³/mol. The molecule has 1 amide bonds. The Balaban J connectivity index is 1.54. The van der Waals surface area contributed by atoms with Gasteiger partial charge in [0, 0.05) is 56.8 Å². The highest BCUT2D eigenvalue weighted by Gasteiger charge is 2.35. The van der Waals surface area contributed by atoms with Crippen molar-refractivity contribution < 1.29 is 14.3 Å². The molecule has 2 fully saturated rings. The van der Waals surface area contributed by atoms with Crippen LogP contribution in [0.3, 0.4) is 0 Å². The van der Waals surface area contributed by atoms with E-state index in [0.717, 1.165) is 63.9 Å². The standard InChI is InChI=1S/C21H33N3O3/c1-2-11-27-20-4-3-17(14-19(20)24-18-7-12-26-13-8-18)21(25)23-15-16-5-9-22-10-6-16/h5-6,9-10,17-20,24H,2-4,7-8,11-15H2,1H3,(H,23,25)/t17-,19+,20+/m0/s1. The Morgan fingerprint density at radius 1 is 1.22 bits per heavy atom. The van der Waals surface area contributed by atoms with Crippen LogP contribution in [0.25, 0.3) is 0 Å². The molecule has 0 aromatic carbocycles. The maximum atomic E-state index is 12.7. The molecule has 3 atom stereocenters. The molecule has 0 spiro atoms. The van der Waals surface area contributed by atoms with Crippen molar-refractivity contribution in [1.82, 2.24) is 15.6 Å².